The normalized spacial score (nSPS) is 16.6. The summed E-state index contributed by atoms with van der Waals surface area (Å²) in [5.41, 5.74) is 10.2. The molecule has 2 aromatic heterocycles. The summed E-state index contributed by atoms with van der Waals surface area (Å²) >= 11 is 0. The van der Waals surface area contributed by atoms with Gasteiger partial charge in [0.15, 0.2) is 5.78 Å². The third-order valence-electron chi connectivity index (χ3n) is 6.19. The van der Waals surface area contributed by atoms with Crippen molar-refractivity contribution in [3.63, 3.8) is 0 Å². The minimum Gasteiger partial charge on any atom is -0.467 e. The van der Waals surface area contributed by atoms with E-state index in [0.29, 0.717) is 36.3 Å². The molecule has 0 fully saturated rings. The first-order chi connectivity index (χ1) is 18.1. The number of hydrogen-bond acceptors (Lipinski definition) is 10. The number of nitrogen functional groups attached to an aromatic ring is 1. The number of ether oxygens (including phenoxy) is 1. The molecule has 1 aliphatic heterocycles. The molecule has 10 heteroatoms. The van der Waals surface area contributed by atoms with Gasteiger partial charge in [-0.15, -0.1) is 0 Å². The summed E-state index contributed by atoms with van der Waals surface area (Å²) in [6, 6.07) is 12.2. The molecule has 0 saturated carbocycles. The van der Waals surface area contributed by atoms with E-state index in [4.69, 9.17) is 10.5 Å². The van der Waals surface area contributed by atoms with Crippen LogP contribution in [0.4, 0.5) is 17.5 Å². The maximum absolute atomic E-state index is 13.0. The van der Waals surface area contributed by atoms with E-state index in [-0.39, 0.29) is 23.8 Å². The second-order valence-corrected chi connectivity index (χ2v) is 8.45. The van der Waals surface area contributed by atoms with Gasteiger partial charge in [-0.25, -0.2) is 15.0 Å². The average Bonchev–Trinajstić information content (AvgIpc) is 2.94. The Hall–Kier alpha value is -5.04. The van der Waals surface area contributed by atoms with Gasteiger partial charge in [-0.2, -0.15) is 10.2 Å². The van der Waals surface area contributed by atoms with Crippen LogP contribution in [-0.2, 0) is 4.79 Å². The van der Waals surface area contributed by atoms with Gasteiger partial charge in [0.2, 0.25) is 5.95 Å². The molecular formula is C27H24N8O2. The van der Waals surface area contributed by atoms with E-state index in [1.807, 2.05) is 48.7 Å². The second-order valence-electron chi connectivity index (χ2n) is 8.45. The summed E-state index contributed by atoms with van der Waals surface area (Å²) in [5.74, 6) is 0.541. The van der Waals surface area contributed by atoms with Crippen molar-refractivity contribution >= 4 is 28.8 Å². The predicted molar refractivity (Wildman–Crippen MR) is 139 cm³/mol. The molecule has 3 N–H and O–H groups in total. The quantitative estimate of drug-likeness (QED) is 0.504. The monoisotopic (exact) mass is 492 g/mol. The van der Waals surface area contributed by atoms with Crippen molar-refractivity contribution in [2.75, 3.05) is 29.6 Å². The number of nitrogens with zero attached hydrogens (tertiary/aromatic N) is 6. The highest BCUT2D eigenvalue weighted by Crippen LogP contribution is 2.39. The summed E-state index contributed by atoms with van der Waals surface area (Å²) in [7, 11) is 1.52. The molecule has 37 heavy (non-hydrogen) atoms. The molecule has 1 aromatic carbocycles. The minimum absolute atomic E-state index is 0.0606. The molecule has 3 aromatic rings. The number of nitrogens with two attached hydrogens (primary N) is 1. The van der Waals surface area contributed by atoms with Crippen molar-refractivity contribution in [2.24, 2.45) is 0 Å². The molecule has 1 aliphatic carbocycles. The number of nitrogens with one attached hydrogen (secondary N) is 1. The van der Waals surface area contributed by atoms with Gasteiger partial charge in [0.1, 0.15) is 17.5 Å². The summed E-state index contributed by atoms with van der Waals surface area (Å²) in [6.45, 7) is 0.495. The summed E-state index contributed by atoms with van der Waals surface area (Å²) < 4.78 is 5.09. The van der Waals surface area contributed by atoms with E-state index in [0.717, 1.165) is 22.4 Å². The van der Waals surface area contributed by atoms with Crippen LogP contribution in [0.2, 0.25) is 0 Å². The number of allylic oxidation sites excluding steroid dienone is 4. The van der Waals surface area contributed by atoms with Crippen molar-refractivity contribution in [1.29, 1.82) is 5.26 Å². The Morgan fingerprint density at radius 2 is 1.92 bits per heavy atom. The number of carbonyl (C=O) groups excluding carboxylic acids is 1. The Morgan fingerprint density at radius 3 is 2.65 bits per heavy atom. The molecule has 0 unspecified atom stereocenters. The molecule has 0 amide bonds. The fourth-order valence-electron chi connectivity index (χ4n) is 4.41. The van der Waals surface area contributed by atoms with Crippen molar-refractivity contribution in [1.82, 2.24) is 19.9 Å². The van der Waals surface area contributed by atoms with E-state index in [9.17, 15) is 10.1 Å². The Bertz CT molecular complexity index is 1460. The highest BCUT2D eigenvalue weighted by Gasteiger charge is 2.31. The Kier molecular flexibility index (Phi) is 6.59. The van der Waals surface area contributed by atoms with Gasteiger partial charge >= 0.3 is 6.01 Å². The van der Waals surface area contributed by atoms with Gasteiger partial charge in [0.25, 0.3) is 0 Å². The molecule has 10 nitrogen and oxygen atoms in total. The van der Waals surface area contributed by atoms with Gasteiger partial charge in [0, 0.05) is 54.0 Å². The molecule has 2 aliphatic rings. The van der Waals surface area contributed by atoms with E-state index >= 15 is 0 Å². The Morgan fingerprint density at radius 1 is 1.14 bits per heavy atom. The van der Waals surface area contributed by atoms with Crippen LogP contribution in [0.1, 0.15) is 24.0 Å². The topological polar surface area (TPSA) is 143 Å². The summed E-state index contributed by atoms with van der Waals surface area (Å²) in [6.07, 6.45) is 11.7. The number of anilines is 3. The molecule has 0 saturated heterocycles. The van der Waals surface area contributed by atoms with Crippen LogP contribution in [-0.4, -0.2) is 45.4 Å². The number of para-hydroxylation sites is 1. The van der Waals surface area contributed by atoms with Crippen LogP contribution in [0.3, 0.4) is 0 Å². The van der Waals surface area contributed by atoms with E-state index in [1.54, 1.807) is 12.4 Å². The maximum Gasteiger partial charge on any atom is 0.316 e. The van der Waals surface area contributed by atoms with Gasteiger partial charge in [-0.05, 0) is 24.1 Å². The van der Waals surface area contributed by atoms with E-state index in [1.165, 1.54) is 13.3 Å². The molecular weight excluding hydrogens is 468 g/mol. The Labute approximate surface area is 213 Å². The lowest BCUT2D eigenvalue weighted by atomic mass is 9.82. The van der Waals surface area contributed by atoms with Crippen molar-refractivity contribution in [2.45, 2.75) is 18.9 Å². The van der Waals surface area contributed by atoms with Gasteiger partial charge in [-0.3, -0.25) is 4.79 Å². The van der Waals surface area contributed by atoms with Gasteiger partial charge in [0.05, 0.1) is 19.3 Å². The van der Waals surface area contributed by atoms with Crippen LogP contribution < -0.4 is 20.7 Å². The number of nitriles is 1. The number of methoxy groups -OCH3 is 1. The molecule has 3 heterocycles. The smallest absolute Gasteiger partial charge is 0.316 e. The zero-order valence-corrected chi connectivity index (χ0v) is 20.1. The van der Waals surface area contributed by atoms with E-state index < -0.39 is 0 Å². The number of Topliss-reactive ketones (excluding diaryl/α,β-unsaturated/α-hetero) is 1. The standard InChI is InChI=1S/C27H24N8O2/c1-37-27-32-14-18(15-33-27)21-7-8-24(36)22-11-20(35(16-23(21)22)19-5-3-2-4-6-19)9-10-30-25-17(12-28)13-31-26(29)34-25/h2-7,11,13-16,20H,8-10H2,1H3,(H3,29,30,31,34)/t20-/m0/s1. The first-order valence-corrected chi connectivity index (χ1v) is 11.7. The van der Waals surface area contributed by atoms with Crippen LogP contribution in [0, 0.1) is 11.3 Å². The van der Waals surface area contributed by atoms with Crippen molar-refractivity contribution < 1.29 is 9.53 Å². The predicted octanol–water partition coefficient (Wildman–Crippen LogP) is 3.29. The number of carbonyl (C=O) groups is 1. The highest BCUT2D eigenvalue weighted by atomic mass is 16.5. The zero-order chi connectivity index (χ0) is 25.8. The highest BCUT2D eigenvalue weighted by molar-refractivity contribution is 6.10. The van der Waals surface area contributed by atoms with Crippen LogP contribution in [0.15, 0.2) is 78.4 Å². The van der Waals surface area contributed by atoms with Gasteiger partial charge in [-0.1, -0.05) is 30.4 Å². The van der Waals surface area contributed by atoms with Crippen LogP contribution >= 0.6 is 0 Å². The number of aromatic nitrogens is 4. The largest absolute Gasteiger partial charge is 0.467 e. The summed E-state index contributed by atoms with van der Waals surface area (Å²) in [5, 5.41) is 12.6. The fourth-order valence-corrected chi connectivity index (χ4v) is 4.41. The number of rotatable bonds is 7. The fraction of sp³-hybridized carbons (Fsp3) is 0.185. The molecule has 0 radical (unpaired) electrons. The number of ketones is 1. The summed E-state index contributed by atoms with van der Waals surface area (Å²) in [4.78, 5) is 31.7. The maximum atomic E-state index is 13.0. The second kappa shape index (κ2) is 10.3. The van der Waals surface area contributed by atoms with Crippen LogP contribution in [0.25, 0.3) is 5.57 Å². The van der Waals surface area contributed by atoms with Crippen molar-refractivity contribution in [3.8, 4) is 12.1 Å². The first kappa shape index (κ1) is 23.7. The third kappa shape index (κ3) is 4.88. The average molecular weight is 493 g/mol. The zero-order valence-electron chi connectivity index (χ0n) is 20.1. The number of fused-ring (bicyclic) bond motifs is 1. The lowest BCUT2D eigenvalue weighted by Gasteiger charge is -2.36. The van der Waals surface area contributed by atoms with Crippen molar-refractivity contribution in [3.05, 3.63) is 89.5 Å². The lowest BCUT2D eigenvalue weighted by Crippen LogP contribution is -2.36. The van der Waals surface area contributed by atoms with E-state index in [2.05, 4.69) is 36.2 Å². The molecule has 0 bridgehead atoms. The van der Waals surface area contributed by atoms with Gasteiger partial charge < -0.3 is 20.7 Å². The molecule has 5 rings (SSSR count). The SMILES string of the molecule is COc1ncc(C2=CCC(=O)C3=C[C@H](CCNc4nc(N)ncc4C#N)N(c4ccccc4)C=C32)cn1. The molecule has 1 atom stereocenters. The third-order valence-corrected chi connectivity index (χ3v) is 6.19. The number of benzene rings is 1. The lowest BCUT2D eigenvalue weighted by molar-refractivity contribution is -0.114. The Balaban J connectivity index is 1.46. The number of hydrogen-bond donors (Lipinski definition) is 2. The molecule has 0 spiro atoms. The minimum atomic E-state index is -0.117. The first-order valence-electron chi connectivity index (χ1n) is 11.7. The van der Waals surface area contributed by atoms with Crippen LogP contribution in [0.5, 0.6) is 6.01 Å². The molecule has 184 valence electrons.